The van der Waals surface area contributed by atoms with Crippen LogP contribution in [0.2, 0.25) is 0 Å². The maximum absolute atomic E-state index is 13.8. The molecular formula is C36H42N8O7. The van der Waals surface area contributed by atoms with Crippen molar-refractivity contribution in [1.29, 1.82) is 0 Å². The van der Waals surface area contributed by atoms with Crippen LogP contribution in [0.3, 0.4) is 0 Å². The van der Waals surface area contributed by atoms with Gasteiger partial charge in [-0.15, -0.1) is 0 Å². The molecule has 0 aliphatic carbocycles. The highest BCUT2D eigenvalue weighted by Crippen LogP contribution is 2.28. The van der Waals surface area contributed by atoms with Crippen molar-refractivity contribution in [1.82, 2.24) is 41.0 Å². The van der Waals surface area contributed by atoms with Crippen molar-refractivity contribution in [3.63, 3.8) is 0 Å². The molecule has 4 heterocycles. The monoisotopic (exact) mass is 698 g/mol. The van der Waals surface area contributed by atoms with Crippen molar-refractivity contribution in [3.8, 4) is 17.2 Å². The molecule has 4 N–H and O–H groups in total. The lowest BCUT2D eigenvalue weighted by Gasteiger charge is -2.29. The van der Waals surface area contributed by atoms with Gasteiger partial charge in [-0.1, -0.05) is 18.2 Å². The molecule has 268 valence electrons. The average Bonchev–Trinajstić information content (AvgIpc) is 3.51. The molecule has 15 heteroatoms. The third-order valence-corrected chi connectivity index (χ3v) is 8.19. The number of rotatable bonds is 6. The van der Waals surface area contributed by atoms with Crippen LogP contribution in [0.5, 0.6) is 17.2 Å². The first-order valence-electron chi connectivity index (χ1n) is 16.4. The Morgan fingerprint density at radius 1 is 1.06 bits per heavy atom. The van der Waals surface area contributed by atoms with E-state index in [0.717, 1.165) is 11.1 Å². The first kappa shape index (κ1) is 36.3. The van der Waals surface area contributed by atoms with Gasteiger partial charge in [0.15, 0.2) is 17.3 Å². The molecule has 15 nitrogen and oxygen atoms in total. The van der Waals surface area contributed by atoms with E-state index < -0.39 is 35.3 Å². The molecular weight excluding hydrogens is 656 g/mol. The number of methoxy groups -OCH3 is 2. The predicted molar refractivity (Wildman–Crippen MR) is 185 cm³/mol. The van der Waals surface area contributed by atoms with E-state index in [1.54, 1.807) is 83.7 Å². The summed E-state index contributed by atoms with van der Waals surface area (Å²) in [5, 5.41) is 16.0. The molecule has 4 amide bonds. The molecule has 0 saturated heterocycles. The minimum Gasteiger partial charge on any atom is -0.493 e. The van der Waals surface area contributed by atoms with E-state index in [-0.39, 0.29) is 37.6 Å². The van der Waals surface area contributed by atoms with Gasteiger partial charge in [0.05, 0.1) is 32.4 Å². The van der Waals surface area contributed by atoms with Gasteiger partial charge in [-0.25, -0.2) is 9.67 Å². The summed E-state index contributed by atoms with van der Waals surface area (Å²) in [7, 11) is 3.10. The molecule has 0 unspecified atom stereocenters. The van der Waals surface area contributed by atoms with Crippen molar-refractivity contribution in [3.05, 3.63) is 95.3 Å². The number of carbonyl (C=O) groups excluding carboxylic acids is 4. The number of nitrogens with one attached hydrogen (secondary N) is 4. The Morgan fingerprint density at radius 2 is 1.82 bits per heavy atom. The van der Waals surface area contributed by atoms with Gasteiger partial charge in [-0.2, -0.15) is 5.10 Å². The normalized spacial score (nSPS) is 18.3. The third kappa shape index (κ3) is 9.38. The fourth-order valence-corrected chi connectivity index (χ4v) is 5.44. The summed E-state index contributed by atoms with van der Waals surface area (Å²) in [4.78, 5) is 62.3. The summed E-state index contributed by atoms with van der Waals surface area (Å²) in [5.74, 6) is 0.547. The summed E-state index contributed by atoms with van der Waals surface area (Å²) in [6.07, 6.45) is 3.40. The van der Waals surface area contributed by atoms with Gasteiger partial charge < -0.3 is 35.5 Å². The standard InChI is InChI=1S/C36H42N8O7/c1-22-32-41-30(19-24-10-13-28(49-4)29(18-24)50-5)43-44(32)21-31(45)38-15-16-51-26-11-8-23(9-12-26)17-27(34(47)42-36(2,3)35(48)39-22)40-33(46)25-7-6-14-37-20-25/h6-14,18,20,22,27H,15-17,19,21H2,1-5H3,(H,38,45)(H,39,48)(H,40,46)(H,42,47)/t22-,27+/m1/s1. The van der Waals surface area contributed by atoms with E-state index in [4.69, 9.17) is 19.2 Å². The predicted octanol–water partition coefficient (Wildman–Crippen LogP) is 1.90. The van der Waals surface area contributed by atoms with Crippen molar-refractivity contribution >= 4 is 23.6 Å². The molecule has 0 radical (unpaired) electrons. The van der Waals surface area contributed by atoms with Gasteiger partial charge in [-0.3, -0.25) is 24.2 Å². The zero-order valence-electron chi connectivity index (χ0n) is 29.2. The van der Waals surface area contributed by atoms with Crippen molar-refractivity contribution < 1.29 is 33.4 Å². The SMILES string of the molecule is COc1ccc(Cc2nc3n(n2)CC(=O)NCCOc2ccc(cc2)C[C@H](NC(=O)c2cccnc2)C(=O)NC(C)(C)C(=O)N[C@@H]3C)cc1OC. The Hall–Kier alpha value is -5.99. The third-order valence-electron chi connectivity index (χ3n) is 8.19. The number of fused-ring (bicyclic) bond motifs is 14. The summed E-state index contributed by atoms with van der Waals surface area (Å²) < 4.78 is 18.0. The lowest BCUT2D eigenvalue weighted by atomic mass is 10.00. The van der Waals surface area contributed by atoms with Crippen LogP contribution in [-0.2, 0) is 33.8 Å². The maximum Gasteiger partial charge on any atom is 0.253 e. The number of pyridine rings is 1. The van der Waals surface area contributed by atoms with E-state index in [1.807, 2.05) is 12.1 Å². The lowest BCUT2D eigenvalue weighted by molar-refractivity contribution is -0.133. The van der Waals surface area contributed by atoms with Gasteiger partial charge in [-0.05, 0) is 68.3 Å². The number of nitrogens with zero attached hydrogens (tertiary/aromatic N) is 4. The zero-order chi connectivity index (χ0) is 36.5. The largest absolute Gasteiger partial charge is 0.493 e. The summed E-state index contributed by atoms with van der Waals surface area (Å²) in [6.45, 7) is 5.10. The zero-order valence-corrected chi connectivity index (χ0v) is 29.2. The van der Waals surface area contributed by atoms with Crippen LogP contribution in [0.4, 0.5) is 0 Å². The highest BCUT2D eigenvalue weighted by molar-refractivity contribution is 5.98. The van der Waals surface area contributed by atoms with Crippen LogP contribution in [-0.4, -0.2) is 82.3 Å². The van der Waals surface area contributed by atoms with Gasteiger partial charge in [0, 0.05) is 25.2 Å². The smallest absolute Gasteiger partial charge is 0.253 e. The number of ether oxygens (including phenoxy) is 3. The fraction of sp³-hybridized carbons (Fsp3) is 0.361. The number of amides is 4. The summed E-state index contributed by atoms with van der Waals surface area (Å²) >= 11 is 0. The number of benzene rings is 2. The molecule has 4 aromatic rings. The first-order chi connectivity index (χ1) is 24.4. The minimum absolute atomic E-state index is 0.133. The van der Waals surface area contributed by atoms with Crippen molar-refractivity contribution in [2.45, 2.75) is 57.8 Å². The van der Waals surface area contributed by atoms with Gasteiger partial charge >= 0.3 is 0 Å². The second-order valence-electron chi connectivity index (χ2n) is 12.5. The van der Waals surface area contributed by atoms with Crippen LogP contribution < -0.4 is 35.5 Å². The Balaban J connectivity index is 1.42. The fourth-order valence-electron chi connectivity index (χ4n) is 5.44. The molecule has 2 aliphatic rings. The van der Waals surface area contributed by atoms with E-state index in [9.17, 15) is 19.2 Å². The van der Waals surface area contributed by atoms with E-state index in [2.05, 4.69) is 31.3 Å². The molecule has 0 spiro atoms. The number of hydrogen-bond donors (Lipinski definition) is 4. The van der Waals surface area contributed by atoms with Gasteiger partial charge in [0.25, 0.3) is 5.91 Å². The van der Waals surface area contributed by atoms with Crippen molar-refractivity contribution in [2.24, 2.45) is 0 Å². The average molecular weight is 699 g/mol. The van der Waals surface area contributed by atoms with Crippen LogP contribution in [0, 0.1) is 0 Å². The van der Waals surface area contributed by atoms with Crippen molar-refractivity contribution in [2.75, 3.05) is 27.4 Å². The Labute approximate surface area is 295 Å². The summed E-state index contributed by atoms with van der Waals surface area (Å²) in [5.41, 5.74) is 0.448. The molecule has 2 aromatic carbocycles. The highest BCUT2D eigenvalue weighted by atomic mass is 16.5. The van der Waals surface area contributed by atoms with E-state index in [1.165, 1.54) is 10.9 Å². The molecule has 0 fully saturated rings. The lowest BCUT2D eigenvalue weighted by Crippen LogP contribution is -2.59. The summed E-state index contributed by atoms with van der Waals surface area (Å²) in [6, 6.07) is 14.0. The molecule has 2 atom stereocenters. The Morgan fingerprint density at radius 3 is 2.53 bits per heavy atom. The molecule has 51 heavy (non-hydrogen) atoms. The number of hydrogen-bond acceptors (Lipinski definition) is 10. The van der Waals surface area contributed by atoms with E-state index >= 15 is 0 Å². The maximum atomic E-state index is 13.8. The molecule has 2 bridgehead atoms. The van der Waals surface area contributed by atoms with Crippen LogP contribution in [0.15, 0.2) is 67.0 Å². The number of aromatic nitrogens is 4. The second-order valence-corrected chi connectivity index (χ2v) is 12.5. The van der Waals surface area contributed by atoms with Gasteiger partial charge in [0.1, 0.15) is 36.3 Å². The Kier molecular flexibility index (Phi) is 11.5. The minimum atomic E-state index is -1.42. The Bertz CT molecular complexity index is 1860. The number of carbonyl (C=O) groups is 4. The molecule has 6 rings (SSSR count). The highest BCUT2D eigenvalue weighted by Gasteiger charge is 2.35. The van der Waals surface area contributed by atoms with Crippen LogP contribution >= 0.6 is 0 Å². The van der Waals surface area contributed by atoms with Crippen LogP contribution in [0.1, 0.15) is 59.9 Å². The quantitative estimate of drug-likeness (QED) is 0.232. The van der Waals surface area contributed by atoms with Crippen LogP contribution in [0.25, 0.3) is 0 Å². The van der Waals surface area contributed by atoms with E-state index in [0.29, 0.717) is 35.3 Å². The second kappa shape index (κ2) is 16.1. The molecule has 2 aromatic heterocycles. The first-order valence-corrected chi connectivity index (χ1v) is 16.4. The molecule has 2 aliphatic heterocycles. The molecule has 0 saturated carbocycles. The topological polar surface area (TPSA) is 188 Å². The van der Waals surface area contributed by atoms with Gasteiger partial charge in [0.2, 0.25) is 17.7 Å².